The van der Waals surface area contributed by atoms with Gasteiger partial charge in [-0.25, -0.2) is 0 Å². The van der Waals surface area contributed by atoms with Crippen molar-refractivity contribution in [3.05, 3.63) is 10.4 Å². The largest absolute Gasteiger partial charge is 0.463 e. The Morgan fingerprint density at radius 2 is 1.59 bits per heavy atom. The molecule has 1 atom stereocenters. The van der Waals surface area contributed by atoms with Gasteiger partial charge in [-0.1, -0.05) is 21.0 Å². The molecule has 0 fully saturated rings. The highest BCUT2D eigenvalue weighted by Gasteiger charge is 2.35. The number of hydrogen-bond donors (Lipinski definition) is 0. The van der Waals surface area contributed by atoms with E-state index in [2.05, 4.69) is 26.0 Å². The van der Waals surface area contributed by atoms with Crippen LogP contribution >= 0.6 is 15.9 Å². The molecule has 0 saturated heterocycles. The fraction of sp³-hybridized carbons (Fsp3) is 0.882. The van der Waals surface area contributed by atoms with Crippen LogP contribution in [0, 0.1) is 5.41 Å². The quantitative estimate of drug-likeness (QED) is 0.106. The monoisotopic (exact) mass is 451 g/mol. The van der Waals surface area contributed by atoms with Gasteiger partial charge >= 0.3 is 11.9 Å². The van der Waals surface area contributed by atoms with Crippen LogP contribution in [0.4, 0.5) is 0 Å². The third-order valence-electron chi connectivity index (χ3n) is 3.14. The minimum absolute atomic E-state index is 0.111. The van der Waals surface area contributed by atoms with Gasteiger partial charge in [0.25, 0.3) is 0 Å². The van der Waals surface area contributed by atoms with Gasteiger partial charge in [0, 0.05) is 11.5 Å². The van der Waals surface area contributed by atoms with Gasteiger partial charge in [-0.3, -0.25) is 9.59 Å². The van der Waals surface area contributed by atoms with Crippen molar-refractivity contribution < 1.29 is 28.5 Å². The summed E-state index contributed by atoms with van der Waals surface area (Å²) < 4.78 is 21.0. The zero-order valence-electron chi connectivity index (χ0n) is 16.7. The van der Waals surface area contributed by atoms with Crippen molar-refractivity contribution in [2.75, 3.05) is 39.6 Å². The number of nitrogens with zero attached hydrogens (tertiary/aromatic N) is 3. The highest BCUT2D eigenvalue weighted by molar-refractivity contribution is 9.10. The number of halogens is 1. The Morgan fingerprint density at radius 3 is 2.15 bits per heavy atom. The minimum Gasteiger partial charge on any atom is -0.463 e. The number of azide groups is 1. The van der Waals surface area contributed by atoms with Gasteiger partial charge in [0.15, 0.2) is 0 Å². The summed E-state index contributed by atoms with van der Waals surface area (Å²) in [5, 5.41) is 3.33. The molecule has 9 nitrogen and oxygen atoms in total. The van der Waals surface area contributed by atoms with Crippen LogP contribution in [0.2, 0.25) is 0 Å². The molecular weight excluding hydrogens is 422 g/mol. The van der Waals surface area contributed by atoms with E-state index in [-0.39, 0.29) is 26.2 Å². The molecule has 156 valence electrons. The third-order valence-corrected chi connectivity index (χ3v) is 3.83. The van der Waals surface area contributed by atoms with E-state index in [9.17, 15) is 9.59 Å². The highest BCUT2D eigenvalue weighted by Crippen LogP contribution is 2.29. The maximum Gasteiger partial charge on any atom is 0.320 e. The minimum atomic E-state index is -0.852. The molecule has 0 rings (SSSR count). The number of carbonyl (C=O) groups excluding carboxylic acids is 2. The van der Waals surface area contributed by atoms with Crippen molar-refractivity contribution >= 4 is 27.9 Å². The van der Waals surface area contributed by atoms with E-state index < -0.39 is 27.8 Å². The number of hydrogen-bond acceptors (Lipinski definition) is 7. The first kappa shape index (κ1) is 25.6. The molecule has 0 aromatic heterocycles. The number of alkyl halides is 1. The molecule has 0 bridgehead atoms. The second kappa shape index (κ2) is 12.9. The predicted molar refractivity (Wildman–Crippen MR) is 104 cm³/mol. The lowest BCUT2D eigenvalue weighted by Crippen LogP contribution is -2.35. The van der Waals surface area contributed by atoms with Crippen LogP contribution < -0.4 is 0 Å². The zero-order valence-corrected chi connectivity index (χ0v) is 18.3. The number of rotatable bonds is 13. The van der Waals surface area contributed by atoms with E-state index in [4.69, 9.17) is 24.5 Å². The van der Waals surface area contributed by atoms with E-state index in [1.165, 1.54) is 0 Å². The van der Waals surface area contributed by atoms with Crippen molar-refractivity contribution in [2.45, 2.75) is 51.5 Å². The van der Waals surface area contributed by atoms with Crippen LogP contribution in [-0.4, -0.2) is 61.9 Å². The lowest BCUT2D eigenvalue weighted by Gasteiger charge is -2.27. The molecule has 1 unspecified atom stereocenters. The molecule has 0 radical (unpaired) electrons. The summed E-state index contributed by atoms with van der Waals surface area (Å²) in [7, 11) is 0. The van der Waals surface area contributed by atoms with Crippen molar-refractivity contribution in [3.8, 4) is 0 Å². The fourth-order valence-corrected chi connectivity index (χ4v) is 2.74. The zero-order chi connectivity index (χ0) is 20.9. The Kier molecular flexibility index (Phi) is 12.3. The number of esters is 2. The molecule has 0 spiro atoms. The van der Waals surface area contributed by atoms with Crippen LogP contribution in [0.1, 0.15) is 41.0 Å². The Hall–Kier alpha value is -1.35. The summed E-state index contributed by atoms with van der Waals surface area (Å²) in [4.78, 5) is 26.3. The van der Waals surface area contributed by atoms with E-state index in [0.29, 0.717) is 19.8 Å². The summed E-state index contributed by atoms with van der Waals surface area (Å²) in [5.41, 5.74) is 6.66. The van der Waals surface area contributed by atoms with Crippen LogP contribution in [0.15, 0.2) is 5.11 Å². The third kappa shape index (κ3) is 13.5. The van der Waals surface area contributed by atoms with E-state index in [0.717, 1.165) is 0 Å². The van der Waals surface area contributed by atoms with Gasteiger partial charge < -0.3 is 18.9 Å². The van der Waals surface area contributed by atoms with E-state index in [1.807, 2.05) is 0 Å². The Labute approximate surface area is 168 Å². The molecule has 0 aromatic rings. The molecule has 0 aromatic carbocycles. The lowest BCUT2D eigenvalue weighted by molar-refractivity contribution is -0.158. The van der Waals surface area contributed by atoms with Gasteiger partial charge in [-0.2, -0.15) is 0 Å². The molecule has 0 aliphatic rings. The van der Waals surface area contributed by atoms with E-state index >= 15 is 0 Å². The van der Waals surface area contributed by atoms with Gasteiger partial charge in [0.2, 0.25) is 0 Å². The molecular formula is C17H30BrN3O6. The van der Waals surface area contributed by atoms with Gasteiger partial charge in [0.05, 0.1) is 31.8 Å². The normalized spacial score (nSPS) is 12.8. The van der Waals surface area contributed by atoms with Crippen LogP contribution in [-0.2, 0) is 28.5 Å². The smallest absolute Gasteiger partial charge is 0.320 e. The molecule has 0 N–H and O–H groups in total. The summed E-state index contributed by atoms with van der Waals surface area (Å²) in [6, 6.07) is 0. The molecule has 27 heavy (non-hydrogen) atoms. The van der Waals surface area contributed by atoms with Crippen LogP contribution in [0.3, 0.4) is 0 Å². The summed E-state index contributed by atoms with van der Waals surface area (Å²) in [6.45, 7) is 10.5. The van der Waals surface area contributed by atoms with E-state index in [1.54, 1.807) is 34.6 Å². The second-order valence-electron chi connectivity index (χ2n) is 7.40. The summed E-state index contributed by atoms with van der Waals surface area (Å²) >= 11 is 3.29. The van der Waals surface area contributed by atoms with Crippen molar-refractivity contribution in [3.63, 3.8) is 0 Å². The summed E-state index contributed by atoms with van der Waals surface area (Å²) in [6.07, 6.45) is 0.251. The molecule has 0 aliphatic carbocycles. The highest BCUT2D eigenvalue weighted by atomic mass is 79.9. The predicted octanol–water partition coefficient (Wildman–Crippen LogP) is 3.39. The number of carbonyl (C=O) groups is 2. The van der Waals surface area contributed by atoms with Gasteiger partial charge in [0.1, 0.15) is 17.0 Å². The summed E-state index contributed by atoms with van der Waals surface area (Å²) in [5.74, 6) is -0.822. The standard InChI is InChI=1S/C17H30BrN3O6/c1-16(2,3)27-14(22)13(18)12-17(4,5)15(23)26-11-10-25-9-8-24-7-6-20-21-19/h13H,6-12H2,1-5H3. The number of ether oxygens (including phenoxy) is 4. The van der Waals surface area contributed by atoms with Gasteiger partial charge in [-0.15, -0.1) is 0 Å². The maximum atomic E-state index is 12.2. The average molecular weight is 452 g/mol. The maximum absolute atomic E-state index is 12.2. The molecule has 0 saturated carbocycles. The van der Waals surface area contributed by atoms with Crippen molar-refractivity contribution in [1.29, 1.82) is 0 Å². The molecule has 0 amide bonds. The Balaban J connectivity index is 4.01. The molecule has 10 heteroatoms. The molecule has 0 aliphatic heterocycles. The first-order valence-electron chi connectivity index (χ1n) is 8.70. The SMILES string of the molecule is CC(C)(C)OC(=O)C(Br)CC(C)(C)C(=O)OCCOCCOCCN=[N+]=[N-]. The van der Waals surface area contributed by atoms with Crippen LogP contribution in [0.5, 0.6) is 0 Å². The first-order chi connectivity index (χ1) is 12.5. The first-order valence-corrected chi connectivity index (χ1v) is 9.61. The van der Waals surface area contributed by atoms with Gasteiger partial charge in [-0.05, 0) is 46.6 Å². The fourth-order valence-electron chi connectivity index (χ4n) is 1.84. The Morgan fingerprint density at radius 1 is 1.04 bits per heavy atom. The second-order valence-corrected chi connectivity index (χ2v) is 8.51. The topological polar surface area (TPSA) is 120 Å². The average Bonchev–Trinajstić information content (AvgIpc) is 2.54. The van der Waals surface area contributed by atoms with Crippen molar-refractivity contribution in [2.24, 2.45) is 10.5 Å². The van der Waals surface area contributed by atoms with Crippen molar-refractivity contribution in [1.82, 2.24) is 0 Å². The Bertz CT molecular complexity index is 515. The molecule has 0 heterocycles. The lowest BCUT2D eigenvalue weighted by atomic mass is 9.88. The van der Waals surface area contributed by atoms with Crippen LogP contribution in [0.25, 0.3) is 10.4 Å².